The van der Waals surface area contributed by atoms with Gasteiger partial charge in [0, 0.05) is 18.8 Å². The van der Waals surface area contributed by atoms with Crippen molar-refractivity contribution in [1.29, 1.82) is 0 Å². The van der Waals surface area contributed by atoms with Crippen molar-refractivity contribution < 1.29 is 14.6 Å². The lowest BCUT2D eigenvalue weighted by molar-refractivity contribution is -0.122. The first kappa shape index (κ1) is 20.1. The van der Waals surface area contributed by atoms with Crippen molar-refractivity contribution >= 4 is 11.6 Å². The molecule has 1 heterocycles. The molecule has 0 saturated carbocycles. The summed E-state index contributed by atoms with van der Waals surface area (Å²) in [6.07, 6.45) is 0. The fourth-order valence-corrected chi connectivity index (χ4v) is 3.82. The van der Waals surface area contributed by atoms with Crippen molar-refractivity contribution in [2.45, 2.75) is 19.2 Å². The number of rotatable bonds is 7. The topological polar surface area (TPSA) is 53.0 Å². The molecule has 1 aliphatic rings. The third-order valence-corrected chi connectivity index (χ3v) is 5.28. The molecular weight excluding hydrogens is 376 g/mol. The van der Waals surface area contributed by atoms with E-state index in [4.69, 9.17) is 4.74 Å². The number of amides is 1. The molecule has 1 amide bonds. The van der Waals surface area contributed by atoms with Crippen molar-refractivity contribution in [3.8, 4) is 5.75 Å². The maximum Gasteiger partial charge on any atom is 0.241 e. The number of aliphatic hydroxyl groups excluding tert-OH is 1. The number of aliphatic hydroxyl groups is 1. The van der Waals surface area contributed by atoms with Crippen LogP contribution in [0.1, 0.15) is 11.1 Å². The number of carbonyl (C=O) groups is 1. The van der Waals surface area contributed by atoms with Crippen molar-refractivity contribution in [2.75, 3.05) is 24.6 Å². The Morgan fingerprint density at radius 2 is 1.50 bits per heavy atom. The molecular formula is C25H26N2O3. The summed E-state index contributed by atoms with van der Waals surface area (Å²) >= 11 is 0. The fourth-order valence-electron chi connectivity index (χ4n) is 3.82. The molecule has 3 aromatic rings. The summed E-state index contributed by atoms with van der Waals surface area (Å²) in [6, 6.07) is 27.3. The smallest absolute Gasteiger partial charge is 0.241 e. The van der Waals surface area contributed by atoms with Gasteiger partial charge in [0.1, 0.15) is 12.4 Å². The van der Waals surface area contributed by atoms with E-state index in [-0.39, 0.29) is 18.6 Å². The molecule has 0 aromatic heterocycles. The van der Waals surface area contributed by atoms with E-state index < -0.39 is 0 Å². The van der Waals surface area contributed by atoms with Gasteiger partial charge in [-0.15, -0.1) is 0 Å². The summed E-state index contributed by atoms with van der Waals surface area (Å²) in [5.74, 6) is 0.743. The van der Waals surface area contributed by atoms with E-state index in [0.29, 0.717) is 26.2 Å². The summed E-state index contributed by atoms with van der Waals surface area (Å²) in [5, 5.41) is 9.94. The lowest BCUT2D eigenvalue weighted by Crippen LogP contribution is -2.57. The van der Waals surface area contributed by atoms with E-state index in [1.54, 1.807) is 4.90 Å². The van der Waals surface area contributed by atoms with E-state index in [0.717, 1.165) is 22.6 Å². The first-order chi connectivity index (χ1) is 14.7. The van der Waals surface area contributed by atoms with Gasteiger partial charge in [-0.25, -0.2) is 0 Å². The van der Waals surface area contributed by atoms with Crippen LogP contribution in [0, 0.1) is 0 Å². The largest absolute Gasteiger partial charge is 0.489 e. The molecule has 0 unspecified atom stereocenters. The predicted molar refractivity (Wildman–Crippen MR) is 117 cm³/mol. The highest BCUT2D eigenvalue weighted by molar-refractivity contribution is 5.96. The van der Waals surface area contributed by atoms with E-state index in [2.05, 4.69) is 17.0 Å². The first-order valence-corrected chi connectivity index (χ1v) is 10.2. The molecule has 1 fully saturated rings. The molecule has 5 heteroatoms. The fraction of sp³-hybridized carbons (Fsp3) is 0.240. The summed E-state index contributed by atoms with van der Waals surface area (Å²) in [6.45, 7) is 2.07. The number of hydrogen-bond acceptors (Lipinski definition) is 4. The average Bonchev–Trinajstić information content (AvgIpc) is 2.79. The highest BCUT2D eigenvalue weighted by Crippen LogP contribution is 2.25. The molecule has 1 N–H and O–H groups in total. The highest BCUT2D eigenvalue weighted by atomic mass is 16.5. The van der Waals surface area contributed by atoms with Crippen LogP contribution < -0.4 is 9.64 Å². The van der Waals surface area contributed by atoms with Crippen LogP contribution in [0.25, 0.3) is 0 Å². The minimum absolute atomic E-state index is 0.00538. The second-order valence-corrected chi connectivity index (χ2v) is 7.52. The maximum atomic E-state index is 12.9. The number of carbonyl (C=O) groups excluding carboxylic acids is 1. The standard InChI is InChI=1S/C25H26N2O3/c28-18-23-16-26(15-20-7-3-1-4-8-20)17-25(29)27(23)22-11-13-24(14-12-22)30-19-21-9-5-2-6-10-21/h1-14,23,28H,15-19H2/t23-/m0/s1. The molecule has 1 atom stereocenters. The second kappa shape index (κ2) is 9.57. The zero-order chi connectivity index (χ0) is 20.8. The van der Waals surface area contributed by atoms with Gasteiger partial charge in [0.25, 0.3) is 0 Å². The van der Waals surface area contributed by atoms with Crippen LogP contribution in [0.5, 0.6) is 5.75 Å². The lowest BCUT2D eigenvalue weighted by atomic mass is 10.1. The Bertz CT molecular complexity index is 945. The van der Waals surface area contributed by atoms with Crippen LogP contribution in [0.2, 0.25) is 0 Å². The minimum atomic E-state index is -0.272. The Morgan fingerprint density at radius 3 is 2.13 bits per heavy atom. The zero-order valence-corrected chi connectivity index (χ0v) is 16.9. The molecule has 30 heavy (non-hydrogen) atoms. The van der Waals surface area contributed by atoms with E-state index in [9.17, 15) is 9.90 Å². The SMILES string of the molecule is O=C1CN(Cc2ccccc2)C[C@@H](CO)N1c1ccc(OCc2ccccc2)cc1. The van der Waals surface area contributed by atoms with Gasteiger partial charge in [0.2, 0.25) is 5.91 Å². The molecule has 4 rings (SSSR count). The predicted octanol–water partition coefficient (Wildman–Crippen LogP) is 3.48. The van der Waals surface area contributed by atoms with Crippen molar-refractivity contribution in [2.24, 2.45) is 0 Å². The third-order valence-electron chi connectivity index (χ3n) is 5.28. The van der Waals surface area contributed by atoms with Crippen molar-refractivity contribution in [1.82, 2.24) is 4.90 Å². The first-order valence-electron chi connectivity index (χ1n) is 10.2. The molecule has 1 saturated heterocycles. The van der Waals surface area contributed by atoms with Gasteiger partial charge in [-0.1, -0.05) is 60.7 Å². The molecule has 3 aromatic carbocycles. The molecule has 5 nitrogen and oxygen atoms in total. The summed E-state index contributed by atoms with van der Waals surface area (Å²) in [7, 11) is 0. The van der Waals surface area contributed by atoms with E-state index >= 15 is 0 Å². The van der Waals surface area contributed by atoms with Crippen LogP contribution in [0.15, 0.2) is 84.9 Å². The Hall–Kier alpha value is -3.15. The van der Waals surface area contributed by atoms with Crippen LogP contribution in [0.4, 0.5) is 5.69 Å². The van der Waals surface area contributed by atoms with Gasteiger partial charge in [0.15, 0.2) is 0 Å². The summed E-state index contributed by atoms with van der Waals surface area (Å²) in [5.41, 5.74) is 3.05. The van der Waals surface area contributed by atoms with Crippen LogP contribution >= 0.6 is 0 Å². The van der Waals surface area contributed by atoms with Gasteiger partial charge in [-0.3, -0.25) is 9.69 Å². The number of nitrogens with zero attached hydrogens (tertiary/aromatic N) is 2. The van der Waals surface area contributed by atoms with Crippen LogP contribution in [-0.2, 0) is 17.9 Å². The van der Waals surface area contributed by atoms with Gasteiger partial charge >= 0.3 is 0 Å². The molecule has 0 spiro atoms. The summed E-state index contributed by atoms with van der Waals surface area (Å²) < 4.78 is 5.84. The van der Waals surface area contributed by atoms with Gasteiger partial charge in [-0.2, -0.15) is 0 Å². The number of ether oxygens (including phenoxy) is 1. The Balaban J connectivity index is 1.40. The van der Waals surface area contributed by atoms with Gasteiger partial charge < -0.3 is 14.7 Å². The number of hydrogen-bond donors (Lipinski definition) is 1. The highest BCUT2D eigenvalue weighted by Gasteiger charge is 2.33. The number of benzene rings is 3. The van der Waals surface area contributed by atoms with Crippen molar-refractivity contribution in [3.05, 3.63) is 96.1 Å². The number of piperazine rings is 1. The average molecular weight is 402 g/mol. The molecule has 0 radical (unpaired) electrons. The number of anilines is 1. The Kier molecular flexibility index (Phi) is 6.42. The zero-order valence-electron chi connectivity index (χ0n) is 16.9. The summed E-state index contributed by atoms with van der Waals surface area (Å²) in [4.78, 5) is 16.7. The monoisotopic (exact) mass is 402 g/mol. The quantitative estimate of drug-likeness (QED) is 0.658. The molecule has 1 aliphatic heterocycles. The Labute approximate surface area is 177 Å². The maximum absolute atomic E-state index is 12.9. The second-order valence-electron chi connectivity index (χ2n) is 7.52. The van der Waals surface area contributed by atoms with Crippen LogP contribution in [-0.4, -0.2) is 41.7 Å². The molecule has 0 bridgehead atoms. The van der Waals surface area contributed by atoms with Crippen LogP contribution in [0.3, 0.4) is 0 Å². The third kappa shape index (κ3) is 4.87. The minimum Gasteiger partial charge on any atom is -0.489 e. The molecule has 154 valence electrons. The van der Waals surface area contributed by atoms with Gasteiger partial charge in [-0.05, 0) is 35.4 Å². The van der Waals surface area contributed by atoms with E-state index in [1.165, 1.54) is 0 Å². The van der Waals surface area contributed by atoms with E-state index in [1.807, 2.05) is 72.8 Å². The Morgan fingerprint density at radius 1 is 0.867 bits per heavy atom. The lowest BCUT2D eigenvalue weighted by Gasteiger charge is -2.40. The normalized spacial score (nSPS) is 17.2. The van der Waals surface area contributed by atoms with Gasteiger partial charge in [0.05, 0.1) is 19.2 Å². The van der Waals surface area contributed by atoms with Crippen molar-refractivity contribution in [3.63, 3.8) is 0 Å². The molecule has 0 aliphatic carbocycles.